The van der Waals surface area contributed by atoms with E-state index in [4.69, 9.17) is 21.1 Å². The Bertz CT molecular complexity index is 779. The third kappa shape index (κ3) is 4.66. The summed E-state index contributed by atoms with van der Waals surface area (Å²) in [5.41, 5.74) is 2.12. The fourth-order valence-corrected chi connectivity index (χ4v) is 3.70. The van der Waals surface area contributed by atoms with Gasteiger partial charge in [-0.15, -0.1) is 0 Å². The van der Waals surface area contributed by atoms with Gasteiger partial charge in [0.1, 0.15) is 5.82 Å². The Balaban J connectivity index is 1.58. The molecule has 0 bridgehead atoms. The van der Waals surface area contributed by atoms with E-state index in [1.165, 1.54) is 11.6 Å². The van der Waals surface area contributed by atoms with Crippen LogP contribution in [0.3, 0.4) is 0 Å². The molecule has 0 aromatic heterocycles. The highest BCUT2D eigenvalue weighted by Crippen LogP contribution is 2.29. The van der Waals surface area contributed by atoms with Crippen LogP contribution in [-0.2, 0) is 6.42 Å². The van der Waals surface area contributed by atoms with Crippen LogP contribution in [0.2, 0.25) is 5.02 Å². The number of ether oxygens (including phenoxy) is 2. The van der Waals surface area contributed by atoms with E-state index in [1.807, 2.05) is 18.2 Å². The third-order valence-electron chi connectivity index (χ3n) is 5.19. The first-order valence-corrected chi connectivity index (χ1v) is 9.54. The standard InChI is InChI=1S/C21H26ClFN2O2/c1-15(12-16-4-7-20(26-2)21(13-16)27-3)24-8-10-25(11-9-24)17-5-6-18(22)19(23)14-17/h4-7,13-15H,8-12H2,1-3H3. The first-order chi connectivity index (χ1) is 13.0. The second-order valence-corrected chi connectivity index (χ2v) is 7.27. The van der Waals surface area contributed by atoms with Crippen molar-refractivity contribution in [1.82, 2.24) is 4.90 Å². The Morgan fingerprint density at radius 3 is 2.33 bits per heavy atom. The van der Waals surface area contributed by atoms with E-state index in [9.17, 15) is 4.39 Å². The Hall–Kier alpha value is -1.98. The van der Waals surface area contributed by atoms with Gasteiger partial charge in [0.15, 0.2) is 11.5 Å². The normalized spacial score (nSPS) is 16.3. The van der Waals surface area contributed by atoms with Gasteiger partial charge in [-0.25, -0.2) is 4.39 Å². The van der Waals surface area contributed by atoms with Crippen LogP contribution in [0, 0.1) is 5.82 Å². The molecule has 1 heterocycles. The number of nitrogens with zero attached hydrogens (tertiary/aromatic N) is 2. The summed E-state index contributed by atoms with van der Waals surface area (Å²) in [4.78, 5) is 4.68. The summed E-state index contributed by atoms with van der Waals surface area (Å²) in [7, 11) is 3.30. The molecule has 0 N–H and O–H groups in total. The molecule has 6 heteroatoms. The highest BCUT2D eigenvalue weighted by atomic mass is 35.5. The zero-order chi connectivity index (χ0) is 19.4. The van der Waals surface area contributed by atoms with E-state index < -0.39 is 0 Å². The molecule has 0 radical (unpaired) electrons. The minimum atomic E-state index is -0.363. The summed E-state index contributed by atoms with van der Waals surface area (Å²) in [6.07, 6.45) is 0.940. The van der Waals surface area contributed by atoms with E-state index in [0.717, 1.165) is 49.8 Å². The van der Waals surface area contributed by atoms with E-state index in [0.29, 0.717) is 6.04 Å². The van der Waals surface area contributed by atoms with Crippen LogP contribution in [0.25, 0.3) is 0 Å². The molecule has 0 aliphatic carbocycles. The summed E-state index contributed by atoms with van der Waals surface area (Å²) in [5.74, 6) is 1.15. The van der Waals surface area contributed by atoms with Gasteiger partial charge in [-0.1, -0.05) is 17.7 Å². The fourth-order valence-electron chi connectivity index (χ4n) is 3.58. The molecule has 4 nitrogen and oxygen atoms in total. The Labute approximate surface area is 165 Å². The molecule has 27 heavy (non-hydrogen) atoms. The van der Waals surface area contributed by atoms with Crippen LogP contribution >= 0.6 is 11.6 Å². The second kappa shape index (κ2) is 8.81. The van der Waals surface area contributed by atoms with Gasteiger partial charge < -0.3 is 14.4 Å². The first kappa shape index (κ1) is 19.8. The number of hydrogen-bond donors (Lipinski definition) is 0. The molecule has 0 amide bonds. The number of hydrogen-bond acceptors (Lipinski definition) is 4. The van der Waals surface area contributed by atoms with Gasteiger partial charge in [0.05, 0.1) is 19.2 Å². The smallest absolute Gasteiger partial charge is 0.160 e. The van der Waals surface area contributed by atoms with Crippen molar-refractivity contribution in [2.24, 2.45) is 0 Å². The van der Waals surface area contributed by atoms with Crippen molar-refractivity contribution in [3.05, 3.63) is 52.8 Å². The number of piperazine rings is 1. The van der Waals surface area contributed by atoms with Gasteiger partial charge in [0, 0.05) is 37.9 Å². The fraction of sp³-hybridized carbons (Fsp3) is 0.429. The molecule has 1 aliphatic heterocycles. The maximum Gasteiger partial charge on any atom is 0.160 e. The lowest BCUT2D eigenvalue weighted by Gasteiger charge is -2.39. The van der Waals surface area contributed by atoms with Gasteiger partial charge >= 0.3 is 0 Å². The minimum Gasteiger partial charge on any atom is -0.493 e. The molecule has 146 valence electrons. The minimum absolute atomic E-state index is 0.168. The molecule has 1 unspecified atom stereocenters. The van der Waals surface area contributed by atoms with E-state index >= 15 is 0 Å². The van der Waals surface area contributed by atoms with Crippen molar-refractivity contribution < 1.29 is 13.9 Å². The number of rotatable bonds is 6. The van der Waals surface area contributed by atoms with Crippen molar-refractivity contribution in [3.8, 4) is 11.5 Å². The first-order valence-electron chi connectivity index (χ1n) is 9.16. The lowest BCUT2D eigenvalue weighted by molar-refractivity contribution is 0.196. The van der Waals surface area contributed by atoms with Crippen LogP contribution in [0.4, 0.5) is 10.1 Å². The maximum absolute atomic E-state index is 13.7. The Morgan fingerprint density at radius 1 is 1.00 bits per heavy atom. The number of anilines is 1. The highest BCUT2D eigenvalue weighted by Gasteiger charge is 2.22. The Morgan fingerprint density at radius 2 is 1.70 bits per heavy atom. The lowest BCUT2D eigenvalue weighted by Crippen LogP contribution is -2.50. The van der Waals surface area contributed by atoms with Gasteiger partial charge in [-0.05, 0) is 49.2 Å². The molecule has 1 fully saturated rings. The quantitative estimate of drug-likeness (QED) is 0.733. The van der Waals surface area contributed by atoms with Crippen molar-refractivity contribution >= 4 is 17.3 Å². The predicted molar refractivity (Wildman–Crippen MR) is 108 cm³/mol. The van der Waals surface area contributed by atoms with Crippen LogP contribution in [0.1, 0.15) is 12.5 Å². The largest absolute Gasteiger partial charge is 0.493 e. The maximum atomic E-state index is 13.7. The summed E-state index contributed by atoms with van der Waals surface area (Å²) < 4.78 is 24.4. The van der Waals surface area contributed by atoms with Crippen molar-refractivity contribution in [3.63, 3.8) is 0 Å². The SMILES string of the molecule is COc1ccc(CC(C)N2CCN(c3ccc(Cl)c(F)c3)CC2)cc1OC. The molecule has 3 rings (SSSR count). The predicted octanol–water partition coefficient (Wildman–Crippen LogP) is 4.25. The van der Waals surface area contributed by atoms with Crippen LogP contribution in [-0.4, -0.2) is 51.3 Å². The summed E-state index contributed by atoms with van der Waals surface area (Å²) in [5, 5.41) is 0.168. The molecule has 0 spiro atoms. The lowest BCUT2D eigenvalue weighted by atomic mass is 10.0. The molecular weight excluding hydrogens is 367 g/mol. The van der Waals surface area contributed by atoms with Crippen LogP contribution in [0.15, 0.2) is 36.4 Å². The number of benzene rings is 2. The summed E-state index contributed by atoms with van der Waals surface area (Å²) in [6.45, 7) is 5.88. The molecular formula is C21H26ClFN2O2. The van der Waals surface area contributed by atoms with Gasteiger partial charge in [0.2, 0.25) is 0 Å². The summed E-state index contributed by atoms with van der Waals surface area (Å²) in [6, 6.07) is 11.5. The molecule has 1 aliphatic rings. The zero-order valence-corrected chi connectivity index (χ0v) is 16.8. The number of halogens is 2. The topological polar surface area (TPSA) is 24.9 Å². The monoisotopic (exact) mass is 392 g/mol. The van der Waals surface area contributed by atoms with Gasteiger partial charge in [0.25, 0.3) is 0 Å². The molecule has 0 saturated carbocycles. The molecule has 2 aromatic rings. The van der Waals surface area contributed by atoms with E-state index in [2.05, 4.69) is 22.8 Å². The molecule has 2 aromatic carbocycles. The third-order valence-corrected chi connectivity index (χ3v) is 5.49. The highest BCUT2D eigenvalue weighted by molar-refractivity contribution is 6.30. The van der Waals surface area contributed by atoms with Crippen molar-refractivity contribution in [1.29, 1.82) is 0 Å². The Kier molecular flexibility index (Phi) is 6.45. The second-order valence-electron chi connectivity index (χ2n) is 6.86. The number of methoxy groups -OCH3 is 2. The van der Waals surface area contributed by atoms with Gasteiger partial charge in [-0.2, -0.15) is 0 Å². The van der Waals surface area contributed by atoms with Crippen LogP contribution < -0.4 is 14.4 Å². The average molecular weight is 393 g/mol. The van der Waals surface area contributed by atoms with Crippen molar-refractivity contribution in [2.75, 3.05) is 45.3 Å². The van der Waals surface area contributed by atoms with Crippen LogP contribution in [0.5, 0.6) is 11.5 Å². The summed E-state index contributed by atoms with van der Waals surface area (Å²) >= 11 is 5.78. The molecule has 1 atom stereocenters. The van der Waals surface area contributed by atoms with E-state index in [-0.39, 0.29) is 10.8 Å². The van der Waals surface area contributed by atoms with Crippen molar-refractivity contribution in [2.45, 2.75) is 19.4 Å². The van der Waals surface area contributed by atoms with Gasteiger partial charge in [-0.3, -0.25) is 4.90 Å². The average Bonchev–Trinajstić information content (AvgIpc) is 2.70. The zero-order valence-electron chi connectivity index (χ0n) is 16.0. The van der Waals surface area contributed by atoms with E-state index in [1.54, 1.807) is 20.3 Å². The molecule has 1 saturated heterocycles.